The third-order valence-electron chi connectivity index (χ3n) is 1.35. The number of nitrogens with zero attached hydrogens (tertiary/aromatic N) is 1. The van der Waals surface area contributed by atoms with Crippen LogP contribution >= 0.6 is 0 Å². The average Bonchev–Trinajstić information content (AvgIpc) is 1.99. The van der Waals surface area contributed by atoms with E-state index in [4.69, 9.17) is 5.73 Å². The Hall–Kier alpha value is -1.64. The molecule has 0 aliphatic carbocycles. The molecule has 0 fully saturated rings. The molecule has 2 N–H and O–H groups in total. The smallest absolute Gasteiger partial charge is 0.142 e. The van der Waals surface area contributed by atoms with Crippen molar-refractivity contribution in [2.45, 2.75) is 6.92 Å². The Kier molecular flexibility index (Phi) is 2.58. The third kappa shape index (κ3) is 2.20. The van der Waals surface area contributed by atoms with Crippen molar-refractivity contribution in [1.29, 1.82) is 0 Å². The summed E-state index contributed by atoms with van der Waals surface area (Å²) in [5.74, 6) is 0.473. The number of nitrogen functional groups attached to an aromatic ring is 1. The fourth-order valence-corrected chi connectivity index (χ4v) is 0.945. The van der Waals surface area contributed by atoms with Gasteiger partial charge in [0.2, 0.25) is 0 Å². The summed E-state index contributed by atoms with van der Waals surface area (Å²) in [5.41, 5.74) is 7.24. The molecule has 0 saturated heterocycles. The Bertz CT molecular complexity index is 298. The summed E-state index contributed by atoms with van der Waals surface area (Å²) in [6, 6.07) is 3.63. The number of hydrogen-bond donors (Lipinski definition) is 1. The number of anilines is 1. The predicted octanol–water partition coefficient (Wildman–Crippen LogP) is 1.18. The molecule has 0 aromatic carbocycles. The molecular formula is C9H10N2O. The van der Waals surface area contributed by atoms with Gasteiger partial charge in [0.25, 0.3) is 0 Å². The number of aromatic nitrogens is 1. The van der Waals surface area contributed by atoms with Crippen LogP contribution in [0.1, 0.15) is 11.3 Å². The van der Waals surface area contributed by atoms with Gasteiger partial charge < -0.3 is 5.73 Å². The van der Waals surface area contributed by atoms with E-state index in [2.05, 4.69) is 4.98 Å². The zero-order valence-electron chi connectivity index (χ0n) is 6.82. The molecular weight excluding hydrogens is 152 g/mol. The number of pyridine rings is 1. The van der Waals surface area contributed by atoms with E-state index in [-0.39, 0.29) is 0 Å². The molecule has 0 bridgehead atoms. The maximum absolute atomic E-state index is 10.0. The van der Waals surface area contributed by atoms with Crippen LogP contribution in [0.2, 0.25) is 0 Å². The van der Waals surface area contributed by atoms with Crippen LogP contribution in [-0.2, 0) is 4.79 Å². The highest BCUT2D eigenvalue weighted by molar-refractivity contribution is 5.73. The highest BCUT2D eigenvalue weighted by atomic mass is 16.1. The van der Waals surface area contributed by atoms with E-state index in [0.29, 0.717) is 17.8 Å². The minimum absolute atomic E-state index is 0.473. The lowest BCUT2D eigenvalue weighted by Gasteiger charge is -1.97. The molecule has 3 nitrogen and oxygen atoms in total. The molecule has 0 aliphatic rings. The fraction of sp³-hybridized carbons (Fsp3) is 0.111. The summed E-state index contributed by atoms with van der Waals surface area (Å²) >= 11 is 0. The molecule has 0 amide bonds. The van der Waals surface area contributed by atoms with E-state index in [9.17, 15) is 4.79 Å². The summed E-state index contributed by atoms with van der Waals surface area (Å²) in [6.45, 7) is 1.93. The third-order valence-corrected chi connectivity index (χ3v) is 1.35. The molecule has 1 aromatic rings. The highest BCUT2D eigenvalue weighted by Gasteiger charge is 1.92. The van der Waals surface area contributed by atoms with Gasteiger partial charge in [-0.25, -0.2) is 4.98 Å². The molecule has 1 aromatic heterocycles. The molecule has 0 atom stereocenters. The molecule has 0 aliphatic heterocycles. The molecule has 3 heteroatoms. The first-order chi connectivity index (χ1) is 5.72. The Morgan fingerprint density at radius 1 is 1.50 bits per heavy atom. The first-order valence-electron chi connectivity index (χ1n) is 3.58. The number of allylic oxidation sites excluding steroid dienone is 1. The van der Waals surface area contributed by atoms with Gasteiger partial charge in [0.15, 0.2) is 0 Å². The largest absolute Gasteiger partial charge is 0.384 e. The summed E-state index contributed by atoms with van der Waals surface area (Å²) in [7, 11) is 0. The number of carbonyl (C=O) groups is 1. The van der Waals surface area contributed by atoms with Gasteiger partial charge in [-0.3, -0.25) is 4.79 Å². The minimum atomic E-state index is 0.473. The van der Waals surface area contributed by atoms with Crippen molar-refractivity contribution in [2.24, 2.45) is 0 Å². The van der Waals surface area contributed by atoms with E-state index in [0.717, 1.165) is 5.56 Å². The molecule has 1 heterocycles. The molecule has 1 rings (SSSR count). The predicted molar refractivity (Wildman–Crippen MR) is 48.5 cm³/mol. The number of nitrogens with two attached hydrogens (primary N) is 1. The van der Waals surface area contributed by atoms with Crippen LogP contribution < -0.4 is 5.73 Å². The van der Waals surface area contributed by atoms with Gasteiger partial charge in [0.05, 0.1) is 5.69 Å². The molecule has 0 unspecified atom stereocenters. The Labute approximate surface area is 70.9 Å². The first kappa shape index (κ1) is 8.46. The maximum atomic E-state index is 10.0. The highest BCUT2D eigenvalue weighted by Crippen LogP contribution is 2.07. The van der Waals surface area contributed by atoms with Gasteiger partial charge in [0, 0.05) is 0 Å². The number of carbonyl (C=O) groups excluding carboxylic acids is 1. The normalized spacial score (nSPS) is 10.4. The van der Waals surface area contributed by atoms with E-state index in [1.165, 1.54) is 6.08 Å². The van der Waals surface area contributed by atoms with E-state index in [1.54, 1.807) is 12.1 Å². The first-order valence-corrected chi connectivity index (χ1v) is 3.58. The molecule has 12 heavy (non-hydrogen) atoms. The molecule has 62 valence electrons. The van der Waals surface area contributed by atoms with Crippen LogP contribution in [0.3, 0.4) is 0 Å². The summed E-state index contributed by atoms with van der Waals surface area (Å²) < 4.78 is 0. The fourth-order valence-electron chi connectivity index (χ4n) is 0.945. The Morgan fingerprint density at radius 3 is 2.83 bits per heavy atom. The van der Waals surface area contributed by atoms with Gasteiger partial charge in [-0.2, -0.15) is 0 Å². The molecule has 0 spiro atoms. The van der Waals surface area contributed by atoms with Crippen molar-refractivity contribution in [3.8, 4) is 0 Å². The second kappa shape index (κ2) is 3.67. The standard InChI is InChI=1S/C9H10N2O/c1-7-5-8(3-2-4-12)11-9(10)6-7/h2-6H,1H3,(H2,10,11). The molecule has 0 saturated carbocycles. The van der Waals surface area contributed by atoms with E-state index in [1.807, 2.05) is 13.0 Å². The van der Waals surface area contributed by atoms with Crippen LogP contribution in [0, 0.1) is 6.92 Å². The monoisotopic (exact) mass is 162 g/mol. The summed E-state index contributed by atoms with van der Waals surface area (Å²) in [4.78, 5) is 14.0. The van der Waals surface area contributed by atoms with E-state index >= 15 is 0 Å². The lowest BCUT2D eigenvalue weighted by Crippen LogP contribution is -1.92. The zero-order chi connectivity index (χ0) is 8.97. The van der Waals surface area contributed by atoms with Crippen molar-refractivity contribution < 1.29 is 4.79 Å². The number of hydrogen-bond acceptors (Lipinski definition) is 3. The summed E-state index contributed by atoms with van der Waals surface area (Å²) in [6.07, 6.45) is 3.72. The summed E-state index contributed by atoms with van der Waals surface area (Å²) in [5, 5.41) is 0. The van der Waals surface area contributed by atoms with Crippen molar-refractivity contribution in [2.75, 3.05) is 5.73 Å². The second-order valence-corrected chi connectivity index (χ2v) is 2.49. The number of aryl methyl sites for hydroxylation is 1. The number of aldehydes is 1. The van der Waals surface area contributed by atoms with Gasteiger partial charge >= 0.3 is 0 Å². The van der Waals surface area contributed by atoms with E-state index < -0.39 is 0 Å². The zero-order valence-corrected chi connectivity index (χ0v) is 6.82. The number of rotatable bonds is 2. The Balaban J connectivity index is 3.00. The average molecular weight is 162 g/mol. The van der Waals surface area contributed by atoms with Gasteiger partial charge in [-0.15, -0.1) is 0 Å². The second-order valence-electron chi connectivity index (χ2n) is 2.49. The maximum Gasteiger partial charge on any atom is 0.142 e. The van der Waals surface area contributed by atoms with Crippen LogP contribution in [0.15, 0.2) is 18.2 Å². The van der Waals surface area contributed by atoms with Crippen molar-refractivity contribution >= 4 is 18.2 Å². The lowest BCUT2D eigenvalue weighted by atomic mass is 10.2. The Morgan fingerprint density at radius 2 is 2.25 bits per heavy atom. The van der Waals surface area contributed by atoms with Gasteiger partial charge in [0.1, 0.15) is 12.1 Å². The van der Waals surface area contributed by atoms with Crippen molar-refractivity contribution in [3.63, 3.8) is 0 Å². The topological polar surface area (TPSA) is 56.0 Å². The van der Waals surface area contributed by atoms with Crippen LogP contribution in [-0.4, -0.2) is 11.3 Å². The minimum Gasteiger partial charge on any atom is -0.384 e. The SMILES string of the molecule is Cc1cc(N)nc(C=CC=O)c1. The van der Waals surface area contributed by atoms with Gasteiger partial charge in [-0.05, 0) is 36.8 Å². The van der Waals surface area contributed by atoms with Crippen LogP contribution in [0.25, 0.3) is 6.08 Å². The van der Waals surface area contributed by atoms with Crippen molar-refractivity contribution in [1.82, 2.24) is 4.98 Å². The van der Waals surface area contributed by atoms with Crippen LogP contribution in [0.4, 0.5) is 5.82 Å². The van der Waals surface area contributed by atoms with Crippen molar-refractivity contribution in [3.05, 3.63) is 29.5 Å². The van der Waals surface area contributed by atoms with Crippen LogP contribution in [0.5, 0.6) is 0 Å². The molecule has 0 radical (unpaired) electrons. The quantitative estimate of drug-likeness (QED) is 0.524. The lowest BCUT2D eigenvalue weighted by molar-refractivity contribution is -0.104. The van der Waals surface area contributed by atoms with Gasteiger partial charge in [-0.1, -0.05) is 0 Å².